The van der Waals surface area contributed by atoms with Gasteiger partial charge in [-0.3, -0.25) is 14.2 Å². The largest absolute Gasteiger partial charge is 0.490 e. The molecular formula is C25H22ClF3N4O4. The van der Waals surface area contributed by atoms with E-state index in [1.807, 2.05) is 4.90 Å². The van der Waals surface area contributed by atoms with Crippen LogP contribution in [-0.2, 0) is 17.5 Å². The smallest absolute Gasteiger partial charge is 0.416 e. The zero-order valence-corrected chi connectivity index (χ0v) is 20.4. The van der Waals surface area contributed by atoms with Gasteiger partial charge in [0.2, 0.25) is 0 Å². The van der Waals surface area contributed by atoms with Crippen molar-refractivity contribution in [3.05, 3.63) is 62.7 Å². The molecule has 1 N–H and O–H groups in total. The molecule has 0 unspecified atom stereocenters. The molecule has 0 amide bonds. The molecule has 12 heteroatoms. The first-order valence-electron chi connectivity index (χ1n) is 11.4. The number of halogens is 4. The minimum atomic E-state index is -4.68. The summed E-state index contributed by atoms with van der Waals surface area (Å²) in [6.07, 6.45) is -3.72. The van der Waals surface area contributed by atoms with Crippen LogP contribution in [0, 0.1) is 24.2 Å². The van der Waals surface area contributed by atoms with Gasteiger partial charge in [-0.2, -0.15) is 18.4 Å². The Morgan fingerprint density at radius 1 is 1.27 bits per heavy atom. The third-order valence-corrected chi connectivity index (χ3v) is 6.61. The van der Waals surface area contributed by atoms with Crippen LogP contribution in [0.4, 0.5) is 18.9 Å². The molecule has 0 atom stereocenters. The highest BCUT2D eigenvalue weighted by atomic mass is 35.5. The van der Waals surface area contributed by atoms with Crippen molar-refractivity contribution in [2.45, 2.75) is 32.5 Å². The summed E-state index contributed by atoms with van der Waals surface area (Å²) in [5, 5.41) is 18.9. The molecule has 4 rings (SSSR count). The second-order valence-electron chi connectivity index (χ2n) is 8.70. The summed E-state index contributed by atoms with van der Waals surface area (Å²) < 4.78 is 46.8. The van der Waals surface area contributed by atoms with Crippen molar-refractivity contribution in [3.63, 3.8) is 0 Å². The van der Waals surface area contributed by atoms with E-state index < -0.39 is 34.7 Å². The summed E-state index contributed by atoms with van der Waals surface area (Å²) in [5.41, 5.74) is -1.59. The van der Waals surface area contributed by atoms with E-state index >= 15 is 0 Å². The fraction of sp³-hybridized carbons (Fsp3) is 0.360. The average molecular weight is 535 g/mol. The lowest BCUT2D eigenvalue weighted by molar-refractivity contribution is -0.142. The minimum absolute atomic E-state index is 0.0245. The standard InChI is InChI=1S/C25H22ClF3N4O4/c1-14-31-19-11-17(25(27,28)29)10-16(13-30)22(19)23(34)33(14)8-9-37-21-3-2-18(26)12-20(21)32-6-4-15(5-7-32)24(35)36/h2-3,10-12,15H,4-9H2,1H3,(H,35,36). The van der Waals surface area contributed by atoms with Crippen molar-refractivity contribution in [2.24, 2.45) is 5.92 Å². The van der Waals surface area contributed by atoms with Gasteiger partial charge in [0.25, 0.3) is 5.56 Å². The fourth-order valence-electron chi connectivity index (χ4n) is 4.45. The number of hydrogen-bond acceptors (Lipinski definition) is 6. The zero-order chi connectivity index (χ0) is 26.9. The number of fused-ring (bicyclic) bond motifs is 1. The number of aryl methyl sites for hydroxylation is 1. The topological polar surface area (TPSA) is 108 Å². The van der Waals surface area contributed by atoms with Gasteiger partial charge in [-0.25, -0.2) is 4.98 Å². The van der Waals surface area contributed by atoms with E-state index in [0.717, 1.165) is 6.07 Å². The van der Waals surface area contributed by atoms with Crippen molar-refractivity contribution in [1.29, 1.82) is 5.26 Å². The van der Waals surface area contributed by atoms with Crippen molar-refractivity contribution in [3.8, 4) is 11.8 Å². The van der Waals surface area contributed by atoms with E-state index in [0.29, 0.717) is 48.5 Å². The van der Waals surface area contributed by atoms with Gasteiger partial charge in [-0.1, -0.05) is 11.6 Å². The summed E-state index contributed by atoms with van der Waals surface area (Å²) in [7, 11) is 0. The number of nitriles is 1. The molecule has 1 aliphatic rings. The number of aliphatic carboxylic acids is 1. The predicted octanol–water partition coefficient (Wildman–Crippen LogP) is 4.63. The molecule has 194 valence electrons. The SMILES string of the molecule is Cc1nc2cc(C(F)(F)F)cc(C#N)c2c(=O)n1CCOc1ccc(Cl)cc1N1CCC(C(=O)O)CC1. The van der Waals surface area contributed by atoms with Crippen LogP contribution in [0.5, 0.6) is 5.75 Å². The third-order valence-electron chi connectivity index (χ3n) is 6.38. The summed E-state index contributed by atoms with van der Waals surface area (Å²) in [5.74, 6) is -0.552. The summed E-state index contributed by atoms with van der Waals surface area (Å²) in [6.45, 7) is 2.57. The van der Waals surface area contributed by atoms with Gasteiger partial charge in [0.15, 0.2) is 0 Å². The zero-order valence-electron chi connectivity index (χ0n) is 19.7. The molecule has 2 heterocycles. The van der Waals surface area contributed by atoms with Crippen LogP contribution >= 0.6 is 11.6 Å². The number of piperidine rings is 1. The number of rotatable bonds is 6. The Morgan fingerprint density at radius 2 is 1.97 bits per heavy atom. The maximum atomic E-state index is 13.2. The maximum absolute atomic E-state index is 13.2. The molecule has 8 nitrogen and oxygen atoms in total. The van der Waals surface area contributed by atoms with Crippen LogP contribution in [0.1, 0.15) is 29.8 Å². The number of carboxylic acid groups (broad SMARTS) is 1. The van der Waals surface area contributed by atoms with Crippen molar-refractivity contribution in [2.75, 3.05) is 24.6 Å². The normalized spacial score (nSPS) is 14.5. The molecule has 0 bridgehead atoms. The number of carbonyl (C=O) groups is 1. The van der Waals surface area contributed by atoms with Gasteiger partial charge >= 0.3 is 12.1 Å². The molecule has 0 spiro atoms. The lowest BCUT2D eigenvalue weighted by atomic mass is 9.96. The Hall–Kier alpha value is -3.78. The van der Waals surface area contributed by atoms with Crippen LogP contribution in [0.3, 0.4) is 0 Å². The molecule has 1 aromatic heterocycles. The highest BCUT2D eigenvalue weighted by Crippen LogP contribution is 2.35. The average Bonchev–Trinajstić information content (AvgIpc) is 2.85. The quantitative estimate of drug-likeness (QED) is 0.491. The van der Waals surface area contributed by atoms with E-state index in [2.05, 4.69) is 4.98 Å². The van der Waals surface area contributed by atoms with E-state index in [1.165, 1.54) is 11.5 Å². The number of ether oxygens (including phenoxy) is 1. The molecule has 0 saturated carbocycles. The lowest BCUT2D eigenvalue weighted by Crippen LogP contribution is -2.36. The lowest BCUT2D eigenvalue weighted by Gasteiger charge is -2.33. The first-order valence-corrected chi connectivity index (χ1v) is 11.8. The van der Waals surface area contributed by atoms with Crippen LogP contribution in [0.25, 0.3) is 10.9 Å². The maximum Gasteiger partial charge on any atom is 0.416 e. The summed E-state index contributed by atoms with van der Waals surface area (Å²) in [4.78, 5) is 30.6. The van der Waals surface area contributed by atoms with Crippen molar-refractivity contribution >= 4 is 34.2 Å². The van der Waals surface area contributed by atoms with E-state index in [1.54, 1.807) is 24.3 Å². The Kier molecular flexibility index (Phi) is 7.32. The van der Waals surface area contributed by atoms with Gasteiger partial charge in [-0.15, -0.1) is 0 Å². The van der Waals surface area contributed by atoms with Crippen LogP contribution in [0.15, 0.2) is 35.1 Å². The van der Waals surface area contributed by atoms with Gasteiger partial charge < -0.3 is 14.7 Å². The van der Waals surface area contributed by atoms with E-state index in [9.17, 15) is 33.1 Å². The third kappa shape index (κ3) is 5.49. The monoisotopic (exact) mass is 534 g/mol. The first kappa shape index (κ1) is 26.3. The second-order valence-corrected chi connectivity index (χ2v) is 9.14. The first-order chi connectivity index (χ1) is 17.5. The van der Waals surface area contributed by atoms with Crippen molar-refractivity contribution in [1.82, 2.24) is 9.55 Å². The summed E-state index contributed by atoms with van der Waals surface area (Å²) >= 11 is 6.18. The van der Waals surface area contributed by atoms with Crippen LogP contribution < -0.4 is 15.2 Å². The summed E-state index contributed by atoms with van der Waals surface area (Å²) in [6, 6.07) is 8.14. The molecule has 37 heavy (non-hydrogen) atoms. The van der Waals surface area contributed by atoms with Crippen LogP contribution in [-0.4, -0.2) is 40.3 Å². The highest BCUT2D eigenvalue weighted by molar-refractivity contribution is 6.30. The highest BCUT2D eigenvalue weighted by Gasteiger charge is 2.32. The number of hydrogen-bond donors (Lipinski definition) is 1. The number of nitrogens with zero attached hydrogens (tertiary/aromatic N) is 4. The number of carboxylic acids is 1. The van der Waals surface area contributed by atoms with Crippen molar-refractivity contribution < 1.29 is 27.8 Å². The predicted molar refractivity (Wildman–Crippen MR) is 130 cm³/mol. The second kappa shape index (κ2) is 10.3. The molecule has 1 fully saturated rings. The van der Waals surface area contributed by atoms with Crippen LogP contribution in [0.2, 0.25) is 5.02 Å². The molecule has 3 aromatic rings. The van der Waals surface area contributed by atoms with E-state index in [-0.39, 0.29) is 29.9 Å². The number of aromatic nitrogens is 2. The molecule has 1 aliphatic heterocycles. The molecule has 1 saturated heterocycles. The number of benzene rings is 2. The Labute approximate surface area is 214 Å². The molecule has 2 aromatic carbocycles. The Morgan fingerprint density at radius 3 is 2.59 bits per heavy atom. The van der Waals surface area contributed by atoms with Gasteiger partial charge in [0.1, 0.15) is 24.3 Å². The van der Waals surface area contributed by atoms with E-state index in [4.69, 9.17) is 16.3 Å². The molecular weight excluding hydrogens is 513 g/mol. The molecule has 0 radical (unpaired) electrons. The van der Waals surface area contributed by atoms with Gasteiger partial charge in [-0.05, 0) is 50.1 Å². The van der Waals surface area contributed by atoms with Gasteiger partial charge in [0, 0.05) is 18.1 Å². The number of anilines is 1. The Bertz CT molecular complexity index is 1460. The molecule has 0 aliphatic carbocycles. The number of alkyl halides is 3. The van der Waals surface area contributed by atoms with Gasteiger partial charge in [0.05, 0.1) is 40.2 Å². The Balaban J connectivity index is 1.57. The minimum Gasteiger partial charge on any atom is -0.490 e. The fourth-order valence-corrected chi connectivity index (χ4v) is 4.61.